The predicted molar refractivity (Wildman–Crippen MR) is 90.5 cm³/mol. The number of rotatable bonds is 6. The number of amides is 1. The molecule has 0 aliphatic carbocycles. The lowest BCUT2D eigenvalue weighted by Crippen LogP contribution is -2.36. The molecule has 0 bridgehead atoms. The molecule has 1 aromatic carbocycles. The van der Waals surface area contributed by atoms with E-state index < -0.39 is 11.9 Å². The van der Waals surface area contributed by atoms with Crippen LogP contribution in [-0.2, 0) is 4.79 Å². The van der Waals surface area contributed by atoms with Crippen LogP contribution in [0.3, 0.4) is 0 Å². The summed E-state index contributed by atoms with van der Waals surface area (Å²) >= 11 is 11.9. The molecular weight excluding hydrogens is 355 g/mol. The molecule has 0 spiro atoms. The maximum absolute atomic E-state index is 12.5. The minimum Gasteiger partial charge on any atom is -0.480 e. The molecule has 0 aliphatic rings. The van der Waals surface area contributed by atoms with Crippen molar-refractivity contribution in [2.75, 3.05) is 13.1 Å². The van der Waals surface area contributed by atoms with Gasteiger partial charge >= 0.3 is 5.97 Å². The number of carboxylic acid groups (broad SMARTS) is 1. The molecule has 0 radical (unpaired) electrons. The summed E-state index contributed by atoms with van der Waals surface area (Å²) in [6.07, 6.45) is 0.634. The van der Waals surface area contributed by atoms with Gasteiger partial charge in [0.25, 0.3) is 5.91 Å². The smallest absolute Gasteiger partial charge is 0.323 e. The van der Waals surface area contributed by atoms with E-state index in [2.05, 4.69) is 4.98 Å². The van der Waals surface area contributed by atoms with Crippen molar-refractivity contribution >= 4 is 35.1 Å². The fourth-order valence-corrected chi connectivity index (χ4v) is 2.48. The van der Waals surface area contributed by atoms with Gasteiger partial charge in [0.2, 0.25) is 5.89 Å². The van der Waals surface area contributed by atoms with Crippen molar-refractivity contribution in [2.45, 2.75) is 20.3 Å². The third kappa shape index (κ3) is 4.07. The number of carbonyl (C=O) groups is 2. The van der Waals surface area contributed by atoms with E-state index in [0.29, 0.717) is 34.3 Å². The first-order valence-electron chi connectivity index (χ1n) is 7.27. The fraction of sp³-hybridized carbons (Fsp3) is 0.312. The number of aliphatic carboxylic acids is 1. The Balaban J connectivity index is 2.34. The SMILES string of the molecule is CCCN(CC(=O)O)C(=O)c1nc(-c2ccc(Cl)c(Cl)c2)oc1C. The number of hydrogen-bond acceptors (Lipinski definition) is 4. The Morgan fingerprint density at radius 3 is 2.58 bits per heavy atom. The van der Waals surface area contributed by atoms with Crippen LogP contribution in [0.15, 0.2) is 22.6 Å². The highest BCUT2D eigenvalue weighted by Gasteiger charge is 2.24. The number of aromatic nitrogens is 1. The van der Waals surface area contributed by atoms with Crippen LogP contribution in [0.1, 0.15) is 29.6 Å². The summed E-state index contributed by atoms with van der Waals surface area (Å²) in [4.78, 5) is 28.9. The summed E-state index contributed by atoms with van der Waals surface area (Å²) in [7, 11) is 0. The van der Waals surface area contributed by atoms with Gasteiger partial charge < -0.3 is 14.4 Å². The standard InChI is InChI=1S/C16H16Cl2N2O4/c1-3-6-20(8-13(21)22)16(23)14-9(2)24-15(19-14)10-4-5-11(17)12(18)7-10/h4-5,7H,3,6,8H2,1-2H3,(H,21,22). The van der Waals surface area contributed by atoms with Gasteiger partial charge in [-0.1, -0.05) is 30.1 Å². The third-order valence-electron chi connectivity index (χ3n) is 3.27. The van der Waals surface area contributed by atoms with Gasteiger partial charge in [-0.05, 0) is 31.5 Å². The minimum atomic E-state index is -1.08. The number of oxazole rings is 1. The molecule has 0 saturated heterocycles. The first-order valence-corrected chi connectivity index (χ1v) is 8.03. The number of aryl methyl sites for hydroxylation is 1. The topological polar surface area (TPSA) is 83.6 Å². The number of carbonyl (C=O) groups excluding carboxylic acids is 1. The molecule has 2 rings (SSSR count). The van der Waals surface area contributed by atoms with E-state index >= 15 is 0 Å². The summed E-state index contributed by atoms with van der Waals surface area (Å²) in [6, 6.07) is 4.87. The lowest BCUT2D eigenvalue weighted by molar-refractivity contribution is -0.137. The van der Waals surface area contributed by atoms with E-state index in [0.717, 1.165) is 0 Å². The molecule has 0 saturated carbocycles. The number of halogens is 2. The largest absolute Gasteiger partial charge is 0.480 e. The molecule has 8 heteroatoms. The highest BCUT2D eigenvalue weighted by molar-refractivity contribution is 6.42. The van der Waals surface area contributed by atoms with Crippen LogP contribution in [0.25, 0.3) is 11.5 Å². The van der Waals surface area contributed by atoms with Crippen molar-refractivity contribution in [3.63, 3.8) is 0 Å². The molecule has 0 unspecified atom stereocenters. The second kappa shape index (κ2) is 7.68. The third-order valence-corrected chi connectivity index (χ3v) is 4.01. The Labute approximate surface area is 149 Å². The predicted octanol–water partition coefficient (Wildman–Crippen LogP) is 3.89. The molecule has 6 nitrogen and oxygen atoms in total. The summed E-state index contributed by atoms with van der Waals surface area (Å²) in [5, 5.41) is 9.69. The van der Waals surface area contributed by atoms with Gasteiger partial charge in [-0.3, -0.25) is 9.59 Å². The zero-order valence-electron chi connectivity index (χ0n) is 13.2. The van der Waals surface area contributed by atoms with Crippen molar-refractivity contribution in [3.8, 4) is 11.5 Å². The second-order valence-electron chi connectivity index (χ2n) is 5.17. The highest BCUT2D eigenvalue weighted by Crippen LogP contribution is 2.29. The average Bonchev–Trinajstić information content (AvgIpc) is 2.90. The summed E-state index contributed by atoms with van der Waals surface area (Å²) in [5.41, 5.74) is 0.664. The maximum Gasteiger partial charge on any atom is 0.323 e. The summed E-state index contributed by atoms with van der Waals surface area (Å²) in [6.45, 7) is 3.39. The quantitative estimate of drug-likeness (QED) is 0.833. The number of carboxylic acids is 1. The molecule has 1 amide bonds. The van der Waals surface area contributed by atoms with Gasteiger partial charge in [-0.25, -0.2) is 4.98 Å². The minimum absolute atomic E-state index is 0.0887. The monoisotopic (exact) mass is 370 g/mol. The van der Waals surface area contributed by atoms with Crippen LogP contribution in [0.4, 0.5) is 0 Å². The normalized spacial score (nSPS) is 10.7. The van der Waals surface area contributed by atoms with Gasteiger partial charge in [-0.2, -0.15) is 0 Å². The Hall–Kier alpha value is -2.05. The lowest BCUT2D eigenvalue weighted by atomic mass is 10.2. The van der Waals surface area contributed by atoms with Gasteiger partial charge in [0.1, 0.15) is 12.3 Å². The van der Waals surface area contributed by atoms with Crippen LogP contribution in [0.5, 0.6) is 0 Å². The van der Waals surface area contributed by atoms with Crippen LogP contribution < -0.4 is 0 Å². The molecule has 0 atom stereocenters. The molecule has 1 aromatic heterocycles. The number of benzene rings is 1. The zero-order chi connectivity index (χ0) is 17.9. The molecule has 128 valence electrons. The van der Waals surface area contributed by atoms with Crippen molar-refractivity contribution < 1.29 is 19.1 Å². The summed E-state index contributed by atoms with van der Waals surface area (Å²) < 4.78 is 5.54. The highest BCUT2D eigenvalue weighted by atomic mass is 35.5. The maximum atomic E-state index is 12.5. The van der Waals surface area contributed by atoms with E-state index in [-0.39, 0.29) is 18.1 Å². The Bertz CT molecular complexity index is 773. The molecule has 1 N–H and O–H groups in total. The van der Waals surface area contributed by atoms with Gasteiger partial charge in [0.15, 0.2) is 5.69 Å². The van der Waals surface area contributed by atoms with Crippen LogP contribution in [-0.4, -0.2) is 40.0 Å². The van der Waals surface area contributed by atoms with Crippen LogP contribution >= 0.6 is 23.2 Å². The molecule has 0 fully saturated rings. The van der Waals surface area contributed by atoms with Gasteiger partial charge in [0.05, 0.1) is 10.0 Å². The summed E-state index contributed by atoms with van der Waals surface area (Å²) in [5.74, 6) is -1.02. The van der Waals surface area contributed by atoms with Gasteiger partial charge in [-0.15, -0.1) is 0 Å². The van der Waals surface area contributed by atoms with Gasteiger partial charge in [0, 0.05) is 12.1 Å². The fourth-order valence-electron chi connectivity index (χ4n) is 2.18. The van der Waals surface area contributed by atoms with E-state index in [4.69, 9.17) is 32.7 Å². The first kappa shape index (κ1) is 18.3. The van der Waals surface area contributed by atoms with Crippen molar-refractivity contribution in [1.82, 2.24) is 9.88 Å². The Morgan fingerprint density at radius 1 is 1.29 bits per heavy atom. The van der Waals surface area contributed by atoms with Crippen molar-refractivity contribution in [3.05, 3.63) is 39.7 Å². The first-order chi connectivity index (χ1) is 11.3. The Kier molecular flexibility index (Phi) is 5.85. The molecule has 0 aliphatic heterocycles. The number of nitrogens with zero attached hydrogens (tertiary/aromatic N) is 2. The van der Waals surface area contributed by atoms with E-state index in [1.54, 1.807) is 25.1 Å². The van der Waals surface area contributed by atoms with E-state index in [1.807, 2.05) is 6.92 Å². The van der Waals surface area contributed by atoms with Crippen molar-refractivity contribution in [1.29, 1.82) is 0 Å². The molecule has 2 aromatic rings. The average molecular weight is 371 g/mol. The molecular formula is C16H16Cl2N2O4. The lowest BCUT2D eigenvalue weighted by Gasteiger charge is -2.18. The molecule has 1 heterocycles. The van der Waals surface area contributed by atoms with Crippen LogP contribution in [0.2, 0.25) is 10.0 Å². The Morgan fingerprint density at radius 2 is 2.00 bits per heavy atom. The van der Waals surface area contributed by atoms with E-state index in [1.165, 1.54) is 4.90 Å². The molecule has 24 heavy (non-hydrogen) atoms. The van der Waals surface area contributed by atoms with Crippen LogP contribution in [0, 0.1) is 6.92 Å². The van der Waals surface area contributed by atoms with Crippen molar-refractivity contribution in [2.24, 2.45) is 0 Å². The zero-order valence-corrected chi connectivity index (χ0v) is 14.7. The second-order valence-corrected chi connectivity index (χ2v) is 5.99. The number of hydrogen-bond donors (Lipinski definition) is 1. The van der Waals surface area contributed by atoms with E-state index in [9.17, 15) is 9.59 Å².